The van der Waals surface area contributed by atoms with Crippen LogP contribution in [0, 0.1) is 13.8 Å². The SMILES string of the molecule is CCNC(c1cc(C)nnc1C)c1nccnc1OC. The van der Waals surface area contributed by atoms with Crippen LogP contribution in [-0.4, -0.2) is 33.8 Å². The van der Waals surface area contributed by atoms with E-state index in [9.17, 15) is 0 Å². The molecule has 0 aliphatic rings. The average Bonchev–Trinajstić information content (AvgIpc) is 2.47. The Kier molecular flexibility index (Phi) is 4.57. The molecule has 0 radical (unpaired) electrons. The largest absolute Gasteiger partial charge is 0.480 e. The van der Waals surface area contributed by atoms with Crippen LogP contribution in [0.3, 0.4) is 0 Å². The van der Waals surface area contributed by atoms with Crippen molar-refractivity contribution in [3.8, 4) is 5.88 Å². The molecule has 2 rings (SSSR count). The second-order valence-electron chi connectivity index (χ2n) is 4.47. The Morgan fingerprint density at radius 1 is 1.20 bits per heavy atom. The standard InChI is InChI=1S/C14H19N5O/c1-5-15-12(11-8-9(2)18-19-10(11)3)13-14(20-4)17-7-6-16-13/h6-8,12,15H,5H2,1-4H3. The molecule has 0 aromatic carbocycles. The average molecular weight is 273 g/mol. The van der Waals surface area contributed by atoms with Gasteiger partial charge in [0, 0.05) is 18.0 Å². The fraction of sp³-hybridized carbons (Fsp3) is 0.429. The lowest BCUT2D eigenvalue weighted by Gasteiger charge is -2.20. The van der Waals surface area contributed by atoms with Crippen molar-refractivity contribution in [3.05, 3.63) is 41.1 Å². The van der Waals surface area contributed by atoms with Crippen molar-refractivity contribution in [2.24, 2.45) is 0 Å². The van der Waals surface area contributed by atoms with Gasteiger partial charge in [0.2, 0.25) is 5.88 Å². The van der Waals surface area contributed by atoms with Crippen LogP contribution < -0.4 is 10.1 Å². The van der Waals surface area contributed by atoms with Crippen molar-refractivity contribution in [2.45, 2.75) is 26.8 Å². The highest BCUT2D eigenvalue weighted by atomic mass is 16.5. The lowest BCUT2D eigenvalue weighted by Crippen LogP contribution is -2.25. The first kappa shape index (κ1) is 14.3. The van der Waals surface area contributed by atoms with Crippen LogP contribution in [0.1, 0.15) is 35.6 Å². The number of nitrogens with zero attached hydrogens (tertiary/aromatic N) is 4. The van der Waals surface area contributed by atoms with Gasteiger partial charge in [0.05, 0.1) is 24.5 Å². The third kappa shape index (κ3) is 2.91. The number of aromatic nitrogens is 4. The quantitative estimate of drug-likeness (QED) is 0.892. The second-order valence-corrected chi connectivity index (χ2v) is 4.47. The van der Waals surface area contributed by atoms with Gasteiger partial charge in [-0.2, -0.15) is 10.2 Å². The summed E-state index contributed by atoms with van der Waals surface area (Å²) in [4.78, 5) is 8.63. The Balaban J connectivity index is 2.53. The molecule has 0 bridgehead atoms. The molecule has 0 aliphatic carbocycles. The lowest BCUT2D eigenvalue weighted by atomic mass is 10.0. The molecule has 106 valence electrons. The maximum absolute atomic E-state index is 5.31. The fourth-order valence-corrected chi connectivity index (χ4v) is 2.11. The summed E-state index contributed by atoms with van der Waals surface area (Å²) in [7, 11) is 1.60. The first-order chi connectivity index (χ1) is 9.67. The van der Waals surface area contributed by atoms with Crippen LogP contribution >= 0.6 is 0 Å². The predicted octanol–water partition coefficient (Wildman–Crippen LogP) is 1.59. The highest BCUT2D eigenvalue weighted by Gasteiger charge is 2.22. The molecule has 6 nitrogen and oxygen atoms in total. The Bertz CT molecular complexity index is 588. The summed E-state index contributed by atoms with van der Waals surface area (Å²) < 4.78 is 5.31. The molecule has 1 unspecified atom stereocenters. The highest BCUT2D eigenvalue weighted by Crippen LogP contribution is 2.27. The van der Waals surface area contributed by atoms with Gasteiger partial charge in [-0.1, -0.05) is 6.92 Å². The minimum absolute atomic E-state index is 0.113. The maximum Gasteiger partial charge on any atom is 0.237 e. The lowest BCUT2D eigenvalue weighted by molar-refractivity contribution is 0.382. The smallest absolute Gasteiger partial charge is 0.237 e. The highest BCUT2D eigenvalue weighted by molar-refractivity contribution is 5.35. The molecule has 1 N–H and O–H groups in total. The van der Waals surface area contributed by atoms with Gasteiger partial charge in [-0.3, -0.25) is 4.98 Å². The van der Waals surface area contributed by atoms with Crippen LogP contribution in [-0.2, 0) is 0 Å². The second kappa shape index (κ2) is 6.38. The van der Waals surface area contributed by atoms with E-state index in [0.717, 1.165) is 29.2 Å². The van der Waals surface area contributed by atoms with Crippen molar-refractivity contribution in [1.29, 1.82) is 0 Å². The monoisotopic (exact) mass is 273 g/mol. The molecule has 20 heavy (non-hydrogen) atoms. The molecule has 2 aromatic rings. The third-order valence-electron chi connectivity index (χ3n) is 3.02. The van der Waals surface area contributed by atoms with Gasteiger partial charge in [-0.05, 0) is 26.5 Å². The molecule has 2 heterocycles. The van der Waals surface area contributed by atoms with Crippen LogP contribution in [0.25, 0.3) is 0 Å². The van der Waals surface area contributed by atoms with Crippen LogP contribution in [0.5, 0.6) is 5.88 Å². The Hall–Kier alpha value is -2.08. The number of aryl methyl sites for hydroxylation is 2. The minimum Gasteiger partial charge on any atom is -0.480 e. The zero-order valence-corrected chi connectivity index (χ0v) is 12.2. The van der Waals surface area contributed by atoms with Crippen molar-refractivity contribution in [1.82, 2.24) is 25.5 Å². The molecule has 6 heteroatoms. The summed E-state index contributed by atoms with van der Waals surface area (Å²) in [5, 5.41) is 11.7. The molecule has 1 atom stereocenters. The Labute approximate surface area is 118 Å². The van der Waals surface area contributed by atoms with Gasteiger partial charge in [-0.15, -0.1) is 0 Å². The van der Waals surface area contributed by atoms with E-state index >= 15 is 0 Å². The number of ether oxygens (including phenoxy) is 1. The predicted molar refractivity (Wildman–Crippen MR) is 75.6 cm³/mol. The van der Waals surface area contributed by atoms with E-state index in [1.807, 2.05) is 26.8 Å². The first-order valence-electron chi connectivity index (χ1n) is 6.56. The number of hydrogen-bond acceptors (Lipinski definition) is 6. The summed E-state index contributed by atoms with van der Waals surface area (Å²) in [6.07, 6.45) is 3.28. The molecule has 0 fully saturated rings. The molecular weight excluding hydrogens is 254 g/mol. The first-order valence-corrected chi connectivity index (χ1v) is 6.56. The number of rotatable bonds is 5. The summed E-state index contributed by atoms with van der Waals surface area (Å²) in [6, 6.07) is 1.90. The van der Waals surface area contributed by atoms with Gasteiger partial charge in [0.15, 0.2) is 0 Å². The summed E-state index contributed by atoms with van der Waals surface area (Å²) in [5.41, 5.74) is 3.54. The molecule has 0 saturated carbocycles. The molecule has 0 saturated heterocycles. The van der Waals surface area contributed by atoms with E-state index in [1.54, 1.807) is 19.5 Å². The maximum atomic E-state index is 5.31. The normalized spacial score (nSPS) is 12.2. The van der Waals surface area contributed by atoms with Crippen molar-refractivity contribution < 1.29 is 4.74 Å². The molecule has 2 aromatic heterocycles. The molecule has 0 spiro atoms. The van der Waals surface area contributed by atoms with E-state index in [4.69, 9.17) is 4.74 Å². The van der Waals surface area contributed by atoms with E-state index < -0.39 is 0 Å². The molecular formula is C14H19N5O. The van der Waals surface area contributed by atoms with E-state index in [0.29, 0.717) is 5.88 Å². The minimum atomic E-state index is -0.113. The summed E-state index contributed by atoms with van der Waals surface area (Å²) in [6.45, 7) is 6.71. The summed E-state index contributed by atoms with van der Waals surface area (Å²) >= 11 is 0. The number of hydrogen-bond donors (Lipinski definition) is 1. The Morgan fingerprint density at radius 3 is 2.65 bits per heavy atom. The van der Waals surface area contributed by atoms with Crippen LogP contribution in [0.15, 0.2) is 18.5 Å². The zero-order valence-electron chi connectivity index (χ0n) is 12.2. The van der Waals surface area contributed by atoms with E-state index in [2.05, 4.69) is 25.5 Å². The number of nitrogens with one attached hydrogen (secondary N) is 1. The summed E-state index contributed by atoms with van der Waals surface area (Å²) in [5.74, 6) is 0.521. The van der Waals surface area contributed by atoms with Gasteiger partial charge in [0.25, 0.3) is 0 Å². The molecule has 0 amide bonds. The fourth-order valence-electron chi connectivity index (χ4n) is 2.11. The van der Waals surface area contributed by atoms with Crippen molar-refractivity contribution in [2.75, 3.05) is 13.7 Å². The third-order valence-corrected chi connectivity index (χ3v) is 3.02. The van der Waals surface area contributed by atoms with E-state index in [-0.39, 0.29) is 6.04 Å². The van der Waals surface area contributed by atoms with Crippen molar-refractivity contribution in [3.63, 3.8) is 0 Å². The topological polar surface area (TPSA) is 72.8 Å². The number of methoxy groups -OCH3 is 1. The van der Waals surface area contributed by atoms with Gasteiger partial charge in [-0.25, -0.2) is 4.98 Å². The van der Waals surface area contributed by atoms with Crippen LogP contribution in [0.2, 0.25) is 0 Å². The van der Waals surface area contributed by atoms with Gasteiger partial charge in [0.1, 0.15) is 5.69 Å². The van der Waals surface area contributed by atoms with Crippen LogP contribution in [0.4, 0.5) is 0 Å². The van der Waals surface area contributed by atoms with Gasteiger partial charge >= 0.3 is 0 Å². The zero-order chi connectivity index (χ0) is 14.5. The Morgan fingerprint density at radius 2 is 1.95 bits per heavy atom. The molecule has 0 aliphatic heterocycles. The van der Waals surface area contributed by atoms with Crippen molar-refractivity contribution >= 4 is 0 Å². The van der Waals surface area contributed by atoms with Gasteiger partial charge < -0.3 is 10.1 Å². The van der Waals surface area contributed by atoms with E-state index in [1.165, 1.54) is 0 Å².